The second-order valence-corrected chi connectivity index (χ2v) is 5.97. The Morgan fingerprint density at radius 2 is 2.16 bits per heavy atom. The van der Waals surface area contributed by atoms with Crippen molar-refractivity contribution in [3.05, 3.63) is 12.2 Å². The summed E-state index contributed by atoms with van der Waals surface area (Å²) in [5.74, 6) is 1.89. The van der Waals surface area contributed by atoms with Gasteiger partial charge in [-0.2, -0.15) is 5.10 Å². The van der Waals surface area contributed by atoms with Crippen LogP contribution >= 0.6 is 24.0 Å². The summed E-state index contributed by atoms with van der Waals surface area (Å²) >= 11 is 0. The zero-order valence-corrected chi connectivity index (χ0v) is 17.5. The number of hydrogen-bond donors (Lipinski definition) is 2. The van der Waals surface area contributed by atoms with Crippen molar-refractivity contribution in [3.63, 3.8) is 0 Å². The largest absolute Gasteiger partial charge is 0.357 e. The quantitative estimate of drug-likeness (QED) is 0.276. The molecular weight excluding hydrogens is 433 g/mol. The minimum absolute atomic E-state index is 0. The zero-order valence-electron chi connectivity index (χ0n) is 15.2. The third kappa shape index (κ3) is 7.57. The lowest BCUT2D eigenvalue weighted by atomic mass is 10.2. The van der Waals surface area contributed by atoms with Crippen LogP contribution in [0.5, 0.6) is 0 Å². The number of amides is 1. The fourth-order valence-electron chi connectivity index (χ4n) is 2.71. The highest BCUT2D eigenvalue weighted by atomic mass is 127. The Labute approximate surface area is 166 Å². The monoisotopic (exact) mass is 463 g/mol. The number of rotatable bonds is 7. The number of likely N-dealkylation sites (tertiary alicyclic amines) is 1. The molecule has 25 heavy (non-hydrogen) atoms. The second-order valence-electron chi connectivity index (χ2n) is 5.97. The lowest BCUT2D eigenvalue weighted by Crippen LogP contribution is -2.39. The fourth-order valence-corrected chi connectivity index (χ4v) is 2.71. The third-order valence-electron chi connectivity index (χ3n) is 4.10. The van der Waals surface area contributed by atoms with E-state index in [1.54, 1.807) is 4.68 Å². The molecule has 1 aromatic rings. The van der Waals surface area contributed by atoms with E-state index < -0.39 is 0 Å². The number of halogens is 1. The standard InChI is InChI=1S/C16H29N7O.HI/c1-3-17-16(19-12-14-20-13-21-22(14)2)18-9-7-11-23-10-6-4-5-8-15(23)24;/h13H,3-12H2,1-2H3,(H2,17,18,19);1H. The molecule has 2 heterocycles. The molecule has 1 aromatic heterocycles. The van der Waals surface area contributed by atoms with Crippen LogP contribution in [-0.2, 0) is 18.4 Å². The van der Waals surface area contributed by atoms with Crippen molar-refractivity contribution in [2.75, 3.05) is 26.2 Å². The van der Waals surface area contributed by atoms with Crippen molar-refractivity contribution in [1.29, 1.82) is 0 Å². The predicted octanol–water partition coefficient (Wildman–Crippen LogP) is 1.28. The molecular formula is C16H30IN7O. The van der Waals surface area contributed by atoms with Crippen LogP contribution in [0.3, 0.4) is 0 Å². The van der Waals surface area contributed by atoms with Gasteiger partial charge in [0.25, 0.3) is 0 Å². The summed E-state index contributed by atoms with van der Waals surface area (Å²) in [7, 11) is 1.86. The summed E-state index contributed by atoms with van der Waals surface area (Å²) in [5, 5.41) is 10.6. The van der Waals surface area contributed by atoms with Crippen LogP contribution in [0.4, 0.5) is 0 Å². The SMILES string of the molecule is CCNC(=NCc1ncnn1C)NCCCN1CCCCCC1=O.I. The van der Waals surface area contributed by atoms with E-state index in [1.807, 2.05) is 18.9 Å². The van der Waals surface area contributed by atoms with Gasteiger partial charge >= 0.3 is 0 Å². The Kier molecular flexibility index (Phi) is 10.4. The van der Waals surface area contributed by atoms with Gasteiger partial charge in [-0.1, -0.05) is 6.42 Å². The molecule has 1 aliphatic heterocycles. The molecule has 0 aliphatic carbocycles. The van der Waals surface area contributed by atoms with Gasteiger partial charge in [-0.15, -0.1) is 24.0 Å². The van der Waals surface area contributed by atoms with Crippen molar-refractivity contribution in [2.24, 2.45) is 12.0 Å². The fraction of sp³-hybridized carbons (Fsp3) is 0.750. The summed E-state index contributed by atoms with van der Waals surface area (Å²) in [6.45, 7) is 5.82. The third-order valence-corrected chi connectivity index (χ3v) is 4.10. The molecule has 2 N–H and O–H groups in total. The first-order valence-electron chi connectivity index (χ1n) is 8.83. The normalized spacial score (nSPS) is 15.5. The van der Waals surface area contributed by atoms with Gasteiger partial charge in [0.2, 0.25) is 5.91 Å². The molecule has 0 atom stereocenters. The average molecular weight is 463 g/mol. The summed E-state index contributed by atoms with van der Waals surface area (Å²) in [4.78, 5) is 22.7. The van der Waals surface area contributed by atoms with Gasteiger partial charge in [0.05, 0.1) is 0 Å². The van der Waals surface area contributed by atoms with E-state index in [0.29, 0.717) is 18.9 Å². The number of carbonyl (C=O) groups is 1. The first-order valence-corrected chi connectivity index (χ1v) is 8.83. The molecule has 0 bridgehead atoms. The van der Waals surface area contributed by atoms with Crippen LogP contribution in [-0.4, -0.2) is 57.7 Å². The molecule has 1 saturated heterocycles. The van der Waals surface area contributed by atoms with Gasteiger partial charge in [-0.3, -0.25) is 9.48 Å². The van der Waals surface area contributed by atoms with Crippen LogP contribution in [0.2, 0.25) is 0 Å². The summed E-state index contributed by atoms with van der Waals surface area (Å²) < 4.78 is 1.72. The average Bonchev–Trinajstić information content (AvgIpc) is 2.87. The van der Waals surface area contributed by atoms with Crippen LogP contribution < -0.4 is 10.6 Å². The minimum atomic E-state index is 0. The van der Waals surface area contributed by atoms with Crippen LogP contribution in [0.25, 0.3) is 0 Å². The molecule has 0 saturated carbocycles. The van der Waals surface area contributed by atoms with E-state index in [4.69, 9.17) is 0 Å². The predicted molar refractivity (Wildman–Crippen MR) is 109 cm³/mol. The van der Waals surface area contributed by atoms with E-state index in [0.717, 1.165) is 57.2 Å². The highest BCUT2D eigenvalue weighted by molar-refractivity contribution is 14.0. The number of aliphatic imine (C=N–C) groups is 1. The molecule has 8 nitrogen and oxygen atoms in total. The number of hydrogen-bond acceptors (Lipinski definition) is 4. The lowest BCUT2D eigenvalue weighted by molar-refractivity contribution is -0.130. The summed E-state index contributed by atoms with van der Waals surface area (Å²) in [5.41, 5.74) is 0. The number of guanidine groups is 1. The van der Waals surface area contributed by atoms with Crippen LogP contribution in [0.1, 0.15) is 44.9 Å². The van der Waals surface area contributed by atoms with Crippen molar-refractivity contribution < 1.29 is 4.79 Å². The Bertz CT molecular complexity index is 546. The Hall–Kier alpha value is -1.39. The maximum atomic E-state index is 12.0. The number of aromatic nitrogens is 3. The van der Waals surface area contributed by atoms with Crippen LogP contribution in [0.15, 0.2) is 11.3 Å². The molecule has 1 amide bonds. The van der Waals surface area contributed by atoms with Crippen molar-refractivity contribution >= 4 is 35.8 Å². The number of nitrogens with one attached hydrogen (secondary N) is 2. The first-order chi connectivity index (χ1) is 11.7. The van der Waals surface area contributed by atoms with E-state index in [9.17, 15) is 4.79 Å². The molecule has 1 aliphatic rings. The van der Waals surface area contributed by atoms with E-state index in [-0.39, 0.29) is 24.0 Å². The Morgan fingerprint density at radius 3 is 2.88 bits per heavy atom. The second kappa shape index (κ2) is 12.0. The van der Waals surface area contributed by atoms with Crippen molar-refractivity contribution in [3.8, 4) is 0 Å². The van der Waals surface area contributed by atoms with Gasteiger partial charge in [0.1, 0.15) is 18.7 Å². The van der Waals surface area contributed by atoms with E-state index in [1.165, 1.54) is 12.7 Å². The highest BCUT2D eigenvalue weighted by Crippen LogP contribution is 2.11. The first kappa shape index (κ1) is 21.7. The molecule has 0 radical (unpaired) electrons. The van der Waals surface area contributed by atoms with Gasteiger partial charge in [-0.25, -0.2) is 9.98 Å². The van der Waals surface area contributed by atoms with Gasteiger partial charge in [0.15, 0.2) is 5.96 Å². The molecule has 142 valence electrons. The van der Waals surface area contributed by atoms with Gasteiger partial charge in [0, 0.05) is 39.6 Å². The number of carbonyl (C=O) groups excluding carboxylic acids is 1. The van der Waals surface area contributed by atoms with Crippen molar-refractivity contribution in [2.45, 2.75) is 45.6 Å². The zero-order chi connectivity index (χ0) is 17.2. The molecule has 9 heteroatoms. The highest BCUT2D eigenvalue weighted by Gasteiger charge is 2.15. The maximum absolute atomic E-state index is 12.0. The van der Waals surface area contributed by atoms with E-state index in [2.05, 4.69) is 25.7 Å². The Morgan fingerprint density at radius 1 is 1.32 bits per heavy atom. The summed E-state index contributed by atoms with van der Waals surface area (Å²) in [6.07, 6.45) is 6.48. The molecule has 2 rings (SSSR count). The molecule has 1 fully saturated rings. The molecule has 0 unspecified atom stereocenters. The molecule has 0 aromatic carbocycles. The topological polar surface area (TPSA) is 87.4 Å². The molecule has 0 spiro atoms. The minimum Gasteiger partial charge on any atom is -0.357 e. The van der Waals surface area contributed by atoms with Crippen LogP contribution in [0, 0.1) is 0 Å². The maximum Gasteiger partial charge on any atom is 0.222 e. The number of nitrogens with zero attached hydrogens (tertiary/aromatic N) is 5. The Balaban J connectivity index is 0.00000312. The van der Waals surface area contributed by atoms with Gasteiger partial charge < -0.3 is 15.5 Å². The lowest BCUT2D eigenvalue weighted by Gasteiger charge is -2.20. The smallest absolute Gasteiger partial charge is 0.222 e. The van der Waals surface area contributed by atoms with Gasteiger partial charge in [-0.05, 0) is 26.2 Å². The van der Waals surface area contributed by atoms with Crippen molar-refractivity contribution in [1.82, 2.24) is 30.3 Å². The number of aryl methyl sites for hydroxylation is 1. The van der Waals surface area contributed by atoms with E-state index >= 15 is 0 Å². The summed E-state index contributed by atoms with van der Waals surface area (Å²) in [6, 6.07) is 0.